The first kappa shape index (κ1) is 20.0. The summed E-state index contributed by atoms with van der Waals surface area (Å²) in [5, 5.41) is 3.18. The van der Waals surface area contributed by atoms with E-state index in [0.717, 1.165) is 25.8 Å². The molecule has 0 spiro atoms. The van der Waals surface area contributed by atoms with E-state index in [1.165, 1.54) is 16.8 Å². The molecule has 0 saturated carbocycles. The van der Waals surface area contributed by atoms with Crippen LogP contribution >= 0.6 is 0 Å². The molecule has 0 aromatic rings. The summed E-state index contributed by atoms with van der Waals surface area (Å²) in [5.74, 6) is 0.129. The maximum atomic E-state index is 12.1. The summed E-state index contributed by atoms with van der Waals surface area (Å²) in [6, 6.07) is 0.466. The van der Waals surface area contributed by atoms with Gasteiger partial charge in [-0.25, -0.2) is 0 Å². The average Bonchev–Trinajstić information content (AvgIpc) is 2.54. The number of ether oxygens (including phenoxy) is 1. The molecule has 2 aliphatic rings. The number of nitrogens with two attached hydrogens (primary N) is 1. The van der Waals surface area contributed by atoms with Crippen molar-refractivity contribution in [3.05, 3.63) is 22.9 Å². The van der Waals surface area contributed by atoms with Crippen LogP contribution in [0.4, 0.5) is 0 Å². The first-order chi connectivity index (χ1) is 11.8. The fourth-order valence-corrected chi connectivity index (χ4v) is 3.74. The molecule has 25 heavy (non-hydrogen) atoms. The quantitative estimate of drug-likeness (QED) is 0.724. The predicted molar refractivity (Wildman–Crippen MR) is 102 cm³/mol. The molecule has 5 heteroatoms. The van der Waals surface area contributed by atoms with E-state index in [9.17, 15) is 4.79 Å². The summed E-state index contributed by atoms with van der Waals surface area (Å²) in [6.45, 7) is 12.4. The molecule has 1 fully saturated rings. The highest BCUT2D eigenvalue weighted by molar-refractivity contribution is 5.76. The first-order valence-electron chi connectivity index (χ1n) is 9.63. The second-order valence-electron chi connectivity index (χ2n) is 7.67. The molecule has 0 aromatic carbocycles. The van der Waals surface area contributed by atoms with E-state index >= 15 is 0 Å². The standard InChI is InChI=1S/C20H35N3O2/c1-13-11-19(23-12-15(3)25-17(5)16(23)4)14(2)10-18(13)22-20(24)8-6-7-9-21/h11,15-18H,6-10,12,21H2,1-5H3,(H,22,24). The van der Waals surface area contributed by atoms with Crippen LogP contribution in [0.3, 0.4) is 0 Å². The van der Waals surface area contributed by atoms with Crippen molar-refractivity contribution in [3.8, 4) is 0 Å². The van der Waals surface area contributed by atoms with Crippen LogP contribution in [-0.4, -0.2) is 48.2 Å². The third kappa shape index (κ3) is 5.08. The van der Waals surface area contributed by atoms with E-state index in [2.05, 4.69) is 50.9 Å². The molecule has 1 heterocycles. The van der Waals surface area contributed by atoms with Gasteiger partial charge in [-0.15, -0.1) is 0 Å². The average molecular weight is 350 g/mol. The normalized spacial score (nSPS) is 30.3. The number of carbonyl (C=O) groups is 1. The van der Waals surface area contributed by atoms with Crippen molar-refractivity contribution < 1.29 is 9.53 Å². The highest BCUT2D eigenvalue weighted by Gasteiger charge is 2.32. The van der Waals surface area contributed by atoms with Crippen LogP contribution < -0.4 is 11.1 Å². The Morgan fingerprint density at radius 3 is 2.72 bits per heavy atom. The van der Waals surface area contributed by atoms with Gasteiger partial charge < -0.3 is 20.7 Å². The van der Waals surface area contributed by atoms with Crippen molar-refractivity contribution in [1.82, 2.24) is 10.2 Å². The van der Waals surface area contributed by atoms with Gasteiger partial charge in [0.2, 0.25) is 5.91 Å². The highest BCUT2D eigenvalue weighted by atomic mass is 16.5. The van der Waals surface area contributed by atoms with Crippen LogP contribution in [0.5, 0.6) is 0 Å². The van der Waals surface area contributed by atoms with Gasteiger partial charge in [0, 0.05) is 18.7 Å². The zero-order valence-corrected chi connectivity index (χ0v) is 16.5. The largest absolute Gasteiger partial charge is 0.372 e. The second-order valence-corrected chi connectivity index (χ2v) is 7.67. The van der Waals surface area contributed by atoms with E-state index in [1.807, 2.05) is 0 Å². The molecule has 5 nitrogen and oxygen atoms in total. The van der Waals surface area contributed by atoms with Crippen LogP contribution in [0.15, 0.2) is 22.9 Å². The van der Waals surface area contributed by atoms with Crippen LogP contribution in [0.2, 0.25) is 0 Å². The highest BCUT2D eigenvalue weighted by Crippen LogP contribution is 2.31. The molecular formula is C20H35N3O2. The zero-order valence-electron chi connectivity index (χ0n) is 16.5. The maximum absolute atomic E-state index is 12.1. The molecule has 0 aromatic heterocycles. The number of unbranched alkanes of at least 4 members (excludes halogenated alkanes) is 1. The summed E-state index contributed by atoms with van der Waals surface area (Å²) in [7, 11) is 0. The lowest BCUT2D eigenvalue weighted by Gasteiger charge is -2.45. The van der Waals surface area contributed by atoms with E-state index < -0.39 is 0 Å². The van der Waals surface area contributed by atoms with Crippen LogP contribution in [0.1, 0.15) is 60.3 Å². The summed E-state index contributed by atoms with van der Waals surface area (Å²) >= 11 is 0. The number of amides is 1. The van der Waals surface area contributed by atoms with Crippen molar-refractivity contribution in [1.29, 1.82) is 0 Å². The Kier molecular flexibility index (Phi) is 7.08. The van der Waals surface area contributed by atoms with E-state index in [4.69, 9.17) is 10.5 Å². The van der Waals surface area contributed by atoms with Gasteiger partial charge in [-0.2, -0.15) is 0 Å². The van der Waals surface area contributed by atoms with Gasteiger partial charge in [0.05, 0.1) is 24.3 Å². The topological polar surface area (TPSA) is 67.6 Å². The van der Waals surface area contributed by atoms with E-state index in [0.29, 0.717) is 19.0 Å². The molecule has 1 aliphatic heterocycles. The smallest absolute Gasteiger partial charge is 0.220 e. The Labute approximate surface area is 152 Å². The Bertz CT molecular complexity index is 541. The predicted octanol–water partition coefficient (Wildman–Crippen LogP) is 2.72. The molecule has 4 atom stereocenters. The van der Waals surface area contributed by atoms with E-state index in [1.54, 1.807) is 0 Å². The minimum Gasteiger partial charge on any atom is -0.372 e. The number of hydrogen-bond acceptors (Lipinski definition) is 4. The fourth-order valence-electron chi connectivity index (χ4n) is 3.74. The summed E-state index contributed by atoms with van der Waals surface area (Å²) in [6.07, 6.45) is 5.92. The molecule has 1 saturated heterocycles. The first-order valence-corrected chi connectivity index (χ1v) is 9.63. The molecule has 0 bridgehead atoms. The molecular weight excluding hydrogens is 314 g/mol. The molecule has 2 rings (SSSR count). The minimum absolute atomic E-state index is 0.111. The monoisotopic (exact) mass is 349 g/mol. The molecule has 1 aliphatic carbocycles. The summed E-state index contributed by atoms with van der Waals surface area (Å²) in [4.78, 5) is 14.6. The number of nitrogens with one attached hydrogen (secondary N) is 1. The fraction of sp³-hybridized carbons (Fsp3) is 0.750. The number of carbonyl (C=O) groups excluding carboxylic acids is 1. The van der Waals surface area contributed by atoms with Gasteiger partial charge in [0.15, 0.2) is 0 Å². The molecule has 3 N–H and O–H groups in total. The SMILES string of the molecule is CC1=CC(N2CC(C)OC(C)C2C)=C(C)CC1NC(=O)CCCCN. The van der Waals surface area contributed by atoms with Gasteiger partial charge in [-0.05, 0) is 77.6 Å². The third-order valence-corrected chi connectivity index (χ3v) is 5.44. The Morgan fingerprint density at radius 1 is 1.32 bits per heavy atom. The molecule has 142 valence electrons. The van der Waals surface area contributed by atoms with Gasteiger partial charge in [-0.1, -0.05) is 0 Å². The zero-order chi connectivity index (χ0) is 18.6. The van der Waals surface area contributed by atoms with Crippen molar-refractivity contribution in [2.75, 3.05) is 13.1 Å². The summed E-state index contributed by atoms with van der Waals surface area (Å²) < 4.78 is 5.95. The Morgan fingerprint density at radius 2 is 2.04 bits per heavy atom. The molecule has 4 unspecified atom stereocenters. The van der Waals surface area contributed by atoms with Crippen LogP contribution in [0.25, 0.3) is 0 Å². The van der Waals surface area contributed by atoms with Crippen molar-refractivity contribution in [3.63, 3.8) is 0 Å². The summed E-state index contributed by atoms with van der Waals surface area (Å²) in [5.41, 5.74) is 9.37. The lowest BCUT2D eigenvalue weighted by atomic mass is 9.91. The van der Waals surface area contributed by atoms with Crippen molar-refractivity contribution in [2.24, 2.45) is 5.73 Å². The third-order valence-electron chi connectivity index (χ3n) is 5.44. The van der Waals surface area contributed by atoms with Gasteiger partial charge >= 0.3 is 0 Å². The van der Waals surface area contributed by atoms with Gasteiger partial charge in [0.25, 0.3) is 0 Å². The second kappa shape index (κ2) is 8.86. The van der Waals surface area contributed by atoms with Crippen LogP contribution in [-0.2, 0) is 9.53 Å². The minimum atomic E-state index is 0.111. The number of allylic oxidation sites excluding steroid dienone is 1. The lowest BCUT2D eigenvalue weighted by molar-refractivity contribution is -0.121. The number of nitrogens with zero attached hydrogens (tertiary/aromatic N) is 1. The molecule has 0 radical (unpaired) electrons. The Hall–Kier alpha value is -1.33. The van der Waals surface area contributed by atoms with Gasteiger partial charge in [0.1, 0.15) is 0 Å². The van der Waals surface area contributed by atoms with Crippen molar-refractivity contribution in [2.45, 2.75) is 84.6 Å². The van der Waals surface area contributed by atoms with Crippen molar-refractivity contribution >= 4 is 5.91 Å². The Balaban J connectivity index is 2.03. The maximum Gasteiger partial charge on any atom is 0.220 e. The number of hydrogen-bond donors (Lipinski definition) is 2. The number of morpholine rings is 1. The lowest BCUT2D eigenvalue weighted by Crippen LogP contribution is -2.51. The molecule has 1 amide bonds. The number of rotatable bonds is 6. The van der Waals surface area contributed by atoms with Gasteiger partial charge in [-0.3, -0.25) is 4.79 Å². The van der Waals surface area contributed by atoms with Crippen LogP contribution in [0, 0.1) is 0 Å². The van der Waals surface area contributed by atoms with E-state index in [-0.39, 0.29) is 24.2 Å².